The molecule has 4 nitrogen and oxygen atoms in total. The zero-order valence-corrected chi connectivity index (χ0v) is 12.9. The number of hydrogen-bond acceptors (Lipinski definition) is 4. The van der Waals surface area contributed by atoms with E-state index in [1.54, 1.807) is 12.1 Å². The van der Waals surface area contributed by atoms with Crippen molar-refractivity contribution in [2.24, 2.45) is 0 Å². The highest BCUT2D eigenvalue weighted by atomic mass is 79.9. The summed E-state index contributed by atoms with van der Waals surface area (Å²) in [6.07, 6.45) is 0. The second kappa shape index (κ2) is 6.72. The van der Waals surface area contributed by atoms with Gasteiger partial charge in [0, 0.05) is 11.0 Å². The number of furan rings is 1. The summed E-state index contributed by atoms with van der Waals surface area (Å²) in [7, 11) is 1.33. The molecule has 2 rings (SSSR count). The van der Waals surface area contributed by atoms with Crippen LogP contribution in [0.5, 0.6) is 0 Å². The van der Waals surface area contributed by atoms with E-state index in [1.165, 1.54) is 12.7 Å². The van der Waals surface area contributed by atoms with E-state index in [0.717, 1.165) is 11.0 Å². The molecule has 106 valence electrons. The molecular formula is C15H16BrNO3. The number of carbonyl (C=O) groups is 1. The van der Waals surface area contributed by atoms with Gasteiger partial charge in [0.25, 0.3) is 0 Å². The number of hydrogen-bond donors (Lipinski definition) is 1. The molecule has 0 fully saturated rings. The Balaban J connectivity index is 1.96. The molecule has 1 atom stereocenters. The minimum absolute atomic E-state index is 0.00684. The van der Waals surface area contributed by atoms with Crippen LogP contribution in [0.1, 0.15) is 34.8 Å². The molecule has 0 aliphatic heterocycles. The third-order valence-corrected chi connectivity index (χ3v) is 3.43. The molecule has 0 aliphatic rings. The van der Waals surface area contributed by atoms with Crippen molar-refractivity contribution in [2.75, 3.05) is 7.11 Å². The highest BCUT2D eigenvalue weighted by molar-refractivity contribution is 9.10. The van der Waals surface area contributed by atoms with E-state index in [4.69, 9.17) is 4.42 Å². The standard InChI is InChI=1S/C15H16BrNO3/c1-10(13-6-7-14(20-13)15(18)19-2)17-9-11-4-3-5-12(16)8-11/h3-8,10,17H,9H2,1-2H3. The van der Waals surface area contributed by atoms with Gasteiger partial charge < -0.3 is 14.5 Å². The van der Waals surface area contributed by atoms with Crippen molar-refractivity contribution < 1.29 is 13.9 Å². The molecule has 0 bridgehead atoms. The minimum Gasteiger partial charge on any atom is -0.463 e. The van der Waals surface area contributed by atoms with E-state index in [-0.39, 0.29) is 11.8 Å². The molecular weight excluding hydrogens is 322 g/mol. The van der Waals surface area contributed by atoms with E-state index in [2.05, 4.69) is 32.0 Å². The van der Waals surface area contributed by atoms with Gasteiger partial charge in [-0.2, -0.15) is 0 Å². The lowest BCUT2D eigenvalue weighted by atomic mass is 10.2. The van der Waals surface area contributed by atoms with Crippen LogP contribution in [0.2, 0.25) is 0 Å². The van der Waals surface area contributed by atoms with E-state index in [1.807, 2.05) is 25.1 Å². The highest BCUT2D eigenvalue weighted by Gasteiger charge is 2.14. The molecule has 1 N–H and O–H groups in total. The molecule has 0 aliphatic carbocycles. The number of methoxy groups -OCH3 is 1. The maximum atomic E-state index is 11.3. The lowest BCUT2D eigenvalue weighted by molar-refractivity contribution is 0.0562. The van der Waals surface area contributed by atoms with Crippen molar-refractivity contribution in [3.63, 3.8) is 0 Å². The fraction of sp³-hybridized carbons (Fsp3) is 0.267. The van der Waals surface area contributed by atoms with Crippen LogP contribution in [0.4, 0.5) is 0 Å². The summed E-state index contributed by atoms with van der Waals surface area (Å²) in [4.78, 5) is 11.3. The van der Waals surface area contributed by atoms with E-state index < -0.39 is 5.97 Å². The van der Waals surface area contributed by atoms with Crippen LogP contribution in [0.3, 0.4) is 0 Å². The van der Waals surface area contributed by atoms with Crippen LogP contribution in [-0.2, 0) is 11.3 Å². The Morgan fingerprint density at radius 1 is 1.40 bits per heavy atom. The molecule has 2 aromatic rings. The molecule has 1 heterocycles. The fourth-order valence-electron chi connectivity index (χ4n) is 1.81. The highest BCUT2D eigenvalue weighted by Crippen LogP contribution is 2.18. The third-order valence-electron chi connectivity index (χ3n) is 2.94. The molecule has 0 saturated carbocycles. The van der Waals surface area contributed by atoms with Gasteiger partial charge in [-0.3, -0.25) is 0 Å². The monoisotopic (exact) mass is 337 g/mol. The maximum absolute atomic E-state index is 11.3. The predicted molar refractivity (Wildman–Crippen MR) is 79.4 cm³/mol. The first-order valence-corrected chi connectivity index (χ1v) is 7.05. The van der Waals surface area contributed by atoms with Gasteiger partial charge in [0.15, 0.2) is 0 Å². The zero-order valence-electron chi connectivity index (χ0n) is 11.4. The van der Waals surface area contributed by atoms with Gasteiger partial charge >= 0.3 is 5.97 Å². The minimum atomic E-state index is -0.463. The average Bonchev–Trinajstić information content (AvgIpc) is 2.94. The van der Waals surface area contributed by atoms with Crippen LogP contribution in [0.25, 0.3) is 0 Å². The summed E-state index contributed by atoms with van der Waals surface area (Å²) >= 11 is 3.44. The Bertz CT molecular complexity index is 594. The van der Waals surface area contributed by atoms with Crippen molar-refractivity contribution in [1.29, 1.82) is 0 Å². The summed E-state index contributed by atoms with van der Waals surface area (Å²) in [6, 6.07) is 11.5. The maximum Gasteiger partial charge on any atom is 0.373 e. The van der Waals surface area contributed by atoms with Crippen molar-refractivity contribution in [3.05, 3.63) is 58.0 Å². The number of esters is 1. The van der Waals surface area contributed by atoms with Gasteiger partial charge in [0.1, 0.15) is 5.76 Å². The van der Waals surface area contributed by atoms with Gasteiger partial charge in [-0.15, -0.1) is 0 Å². The second-order valence-corrected chi connectivity index (χ2v) is 5.34. The predicted octanol–water partition coefficient (Wildman–Crippen LogP) is 3.68. The average molecular weight is 338 g/mol. The third kappa shape index (κ3) is 3.71. The Labute approximate surface area is 126 Å². The Hall–Kier alpha value is -1.59. The van der Waals surface area contributed by atoms with E-state index >= 15 is 0 Å². The van der Waals surface area contributed by atoms with Crippen molar-refractivity contribution in [2.45, 2.75) is 19.5 Å². The normalized spacial score (nSPS) is 12.2. The second-order valence-electron chi connectivity index (χ2n) is 4.43. The number of carbonyl (C=O) groups excluding carboxylic acids is 1. The lowest BCUT2D eigenvalue weighted by Gasteiger charge is -2.11. The summed E-state index contributed by atoms with van der Waals surface area (Å²) < 4.78 is 11.1. The number of ether oxygens (including phenoxy) is 1. The first kappa shape index (κ1) is 14.8. The summed E-state index contributed by atoms with van der Waals surface area (Å²) in [5.41, 5.74) is 1.17. The number of halogens is 1. The van der Waals surface area contributed by atoms with Gasteiger partial charge in [0.2, 0.25) is 5.76 Å². The molecule has 1 aromatic carbocycles. The summed E-state index contributed by atoms with van der Waals surface area (Å²) in [5, 5.41) is 3.35. The van der Waals surface area contributed by atoms with Crippen molar-refractivity contribution in [3.8, 4) is 0 Å². The molecule has 0 spiro atoms. The van der Waals surface area contributed by atoms with Gasteiger partial charge in [0.05, 0.1) is 13.2 Å². The smallest absolute Gasteiger partial charge is 0.373 e. The molecule has 20 heavy (non-hydrogen) atoms. The van der Waals surface area contributed by atoms with Crippen LogP contribution in [0, 0.1) is 0 Å². The zero-order chi connectivity index (χ0) is 14.5. The lowest BCUT2D eigenvalue weighted by Crippen LogP contribution is -2.17. The largest absolute Gasteiger partial charge is 0.463 e. The number of nitrogens with one attached hydrogen (secondary N) is 1. The van der Waals surface area contributed by atoms with E-state index in [9.17, 15) is 4.79 Å². The molecule has 0 amide bonds. The SMILES string of the molecule is COC(=O)c1ccc(C(C)NCc2cccc(Br)c2)o1. The van der Waals surface area contributed by atoms with Crippen molar-refractivity contribution in [1.82, 2.24) is 5.32 Å². The Morgan fingerprint density at radius 2 is 2.20 bits per heavy atom. The first-order chi connectivity index (χ1) is 9.60. The van der Waals surface area contributed by atoms with Gasteiger partial charge in [-0.05, 0) is 36.8 Å². The topological polar surface area (TPSA) is 51.5 Å². The van der Waals surface area contributed by atoms with Crippen LogP contribution >= 0.6 is 15.9 Å². The fourth-order valence-corrected chi connectivity index (χ4v) is 2.26. The Morgan fingerprint density at radius 3 is 2.90 bits per heavy atom. The first-order valence-electron chi connectivity index (χ1n) is 6.26. The molecule has 0 saturated heterocycles. The van der Waals surface area contributed by atoms with Gasteiger partial charge in [-0.1, -0.05) is 28.1 Å². The Kier molecular flexibility index (Phi) is 4.98. The van der Waals surface area contributed by atoms with Crippen molar-refractivity contribution >= 4 is 21.9 Å². The molecule has 0 radical (unpaired) electrons. The van der Waals surface area contributed by atoms with Crippen LogP contribution in [0.15, 0.2) is 45.3 Å². The molecule has 1 aromatic heterocycles. The van der Waals surface area contributed by atoms with E-state index in [0.29, 0.717) is 5.76 Å². The van der Waals surface area contributed by atoms with Crippen LogP contribution in [-0.4, -0.2) is 13.1 Å². The molecule has 5 heteroatoms. The van der Waals surface area contributed by atoms with Gasteiger partial charge in [-0.25, -0.2) is 4.79 Å². The number of rotatable bonds is 5. The summed E-state index contributed by atoms with van der Waals surface area (Å²) in [5.74, 6) is 0.467. The quantitative estimate of drug-likeness (QED) is 0.845. The number of benzene rings is 1. The van der Waals surface area contributed by atoms with Crippen LogP contribution < -0.4 is 5.32 Å². The molecule has 1 unspecified atom stereocenters. The summed E-state index contributed by atoms with van der Waals surface area (Å²) in [6.45, 7) is 2.70.